The van der Waals surface area contributed by atoms with Crippen molar-refractivity contribution >= 4 is 22.8 Å². The highest BCUT2D eigenvalue weighted by molar-refractivity contribution is 5.88. The standard InChI is InChI=1S/C17H19NO5/c1-11-2-3-14-12(10-23-15(14)6-11)7-16(19)18-4-5-22-13(9-18)8-17(20)21/h2-3,6,10,13H,4-5,7-9H2,1H3,(H,20,21). The molecule has 1 atom stereocenters. The number of aryl methyl sites for hydroxylation is 1. The molecule has 1 amide bonds. The molecule has 6 nitrogen and oxygen atoms in total. The highest BCUT2D eigenvalue weighted by Gasteiger charge is 2.26. The van der Waals surface area contributed by atoms with Crippen molar-refractivity contribution in [2.75, 3.05) is 19.7 Å². The normalized spacial score (nSPS) is 18.3. The number of nitrogens with zero attached hydrogens (tertiary/aromatic N) is 1. The van der Waals surface area contributed by atoms with Crippen LogP contribution in [-0.2, 0) is 20.7 Å². The van der Waals surface area contributed by atoms with Crippen LogP contribution < -0.4 is 0 Å². The Morgan fingerprint density at radius 1 is 1.39 bits per heavy atom. The fourth-order valence-electron chi connectivity index (χ4n) is 2.87. The number of carbonyl (C=O) groups excluding carboxylic acids is 1. The predicted molar refractivity (Wildman–Crippen MR) is 83.2 cm³/mol. The minimum Gasteiger partial charge on any atom is -0.481 e. The average Bonchev–Trinajstić information content (AvgIpc) is 2.89. The molecule has 2 aromatic rings. The van der Waals surface area contributed by atoms with Gasteiger partial charge in [-0.25, -0.2) is 0 Å². The lowest BCUT2D eigenvalue weighted by atomic mass is 10.1. The van der Waals surface area contributed by atoms with Gasteiger partial charge in [0.05, 0.1) is 31.8 Å². The van der Waals surface area contributed by atoms with Crippen molar-refractivity contribution in [1.29, 1.82) is 0 Å². The van der Waals surface area contributed by atoms with E-state index in [1.165, 1.54) is 0 Å². The SMILES string of the molecule is Cc1ccc2c(CC(=O)N3CCOC(CC(=O)O)C3)coc2c1. The fourth-order valence-corrected chi connectivity index (χ4v) is 2.87. The predicted octanol–water partition coefficient (Wildman–Crippen LogP) is 1.99. The number of rotatable bonds is 4. The van der Waals surface area contributed by atoms with Crippen molar-refractivity contribution in [3.8, 4) is 0 Å². The molecular formula is C17H19NO5. The van der Waals surface area contributed by atoms with E-state index in [1.807, 2.05) is 25.1 Å². The molecule has 2 heterocycles. The van der Waals surface area contributed by atoms with Gasteiger partial charge in [-0.05, 0) is 18.6 Å². The molecule has 1 aliphatic heterocycles. The summed E-state index contributed by atoms with van der Waals surface area (Å²) in [6.07, 6.45) is 1.35. The van der Waals surface area contributed by atoms with E-state index >= 15 is 0 Å². The summed E-state index contributed by atoms with van der Waals surface area (Å²) in [6, 6.07) is 5.90. The van der Waals surface area contributed by atoms with Crippen LogP contribution in [0.4, 0.5) is 0 Å². The van der Waals surface area contributed by atoms with Gasteiger partial charge >= 0.3 is 5.97 Å². The maximum absolute atomic E-state index is 12.5. The second kappa shape index (κ2) is 6.42. The minimum atomic E-state index is -0.916. The van der Waals surface area contributed by atoms with Crippen LogP contribution in [0.2, 0.25) is 0 Å². The number of amides is 1. The number of carboxylic acid groups (broad SMARTS) is 1. The Labute approximate surface area is 133 Å². The van der Waals surface area contributed by atoms with Gasteiger partial charge in [-0.15, -0.1) is 0 Å². The van der Waals surface area contributed by atoms with E-state index in [2.05, 4.69) is 0 Å². The first kappa shape index (κ1) is 15.6. The Morgan fingerprint density at radius 2 is 2.22 bits per heavy atom. The second-order valence-corrected chi connectivity index (χ2v) is 5.87. The molecule has 1 aromatic heterocycles. The number of furan rings is 1. The van der Waals surface area contributed by atoms with E-state index in [9.17, 15) is 9.59 Å². The average molecular weight is 317 g/mol. The molecule has 0 bridgehead atoms. The van der Waals surface area contributed by atoms with Gasteiger partial charge in [0.15, 0.2) is 0 Å². The number of carbonyl (C=O) groups is 2. The minimum absolute atomic E-state index is 0.0352. The summed E-state index contributed by atoms with van der Waals surface area (Å²) in [5.41, 5.74) is 2.74. The van der Waals surface area contributed by atoms with Gasteiger partial charge in [-0.1, -0.05) is 12.1 Å². The molecule has 6 heteroatoms. The number of benzene rings is 1. The Morgan fingerprint density at radius 3 is 3.00 bits per heavy atom. The first-order valence-electron chi connectivity index (χ1n) is 7.61. The summed E-state index contributed by atoms with van der Waals surface area (Å²) in [7, 11) is 0. The highest BCUT2D eigenvalue weighted by atomic mass is 16.5. The zero-order valence-electron chi connectivity index (χ0n) is 12.9. The molecule has 3 rings (SSSR count). The molecule has 1 fully saturated rings. The number of hydrogen-bond donors (Lipinski definition) is 1. The maximum Gasteiger partial charge on any atom is 0.306 e. The number of hydrogen-bond acceptors (Lipinski definition) is 4. The van der Waals surface area contributed by atoms with Crippen LogP contribution in [-0.4, -0.2) is 47.7 Å². The van der Waals surface area contributed by atoms with E-state index in [-0.39, 0.29) is 18.7 Å². The summed E-state index contributed by atoms with van der Waals surface area (Å²) in [5.74, 6) is -0.951. The lowest BCUT2D eigenvalue weighted by molar-refractivity contribution is -0.147. The topological polar surface area (TPSA) is 80.0 Å². The van der Waals surface area contributed by atoms with Gasteiger partial charge in [-0.2, -0.15) is 0 Å². The van der Waals surface area contributed by atoms with Crippen LogP contribution in [0.5, 0.6) is 0 Å². The number of carboxylic acids is 1. The van der Waals surface area contributed by atoms with Gasteiger partial charge in [-0.3, -0.25) is 9.59 Å². The van der Waals surface area contributed by atoms with Crippen LogP contribution in [0, 0.1) is 6.92 Å². The third-order valence-corrected chi connectivity index (χ3v) is 4.05. The summed E-state index contributed by atoms with van der Waals surface area (Å²) in [4.78, 5) is 24.9. The maximum atomic E-state index is 12.5. The molecule has 0 radical (unpaired) electrons. The Hall–Kier alpha value is -2.34. The van der Waals surface area contributed by atoms with Gasteiger partial charge < -0.3 is 19.2 Å². The first-order chi connectivity index (χ1) is 11.0. The fraction of sp³-hybridized carbons (Fsp3) is 0.412. The lowest BCUT2D eigenvalue weighted by Crippen LogP contribution is -2.46. The summed E-state index contributed by atoms with van der Waals surface area (Å²) in [5, 5.41) is 9.79. The third kappa shape index (κ3) is 3.53. The molecule has 1 unspecified atom stereocenters. The van der Waals surface area contributed by atoms with E-state index in [0.717, 1.165) is 22.1 Å². The van der Waals surface area contributed by atoms with Crippen molar-refractivity contribution in [1.82, 2.24) is 4.90 Å². The van der Waals surface area contributed by atoms with Crippen LogP contribution in [0.25, 0.3) is 11.0 Å². The molecule has 1 aromatic carbocycles. The molecule has 1 aliphatic rings. The number of aliphatic carboxylic acids is 1. The Kier molecular flexibility index (Phi) is 4.34. The first-order valence-corrected chi connectivity index (χ1v) is 7.61. The van der Waals surface area contributed by atoms with Gasteiger partial charge in [0.2, 0.25) is 5.91 Å². The molecule has 0 aliphatic carbocycles. The van der Waals surface area contributed by atoms with Crippen molar-refractivity contribution in [2.24, 2.45) is 0 Å². The smallest absolute Gasteiger partial charge is 0.306 e. The molecule has 23 heavy (non-hydrogen) atoms. The molecule has 122 valence electrons. The van der Waals surface area contributed by atoms with Crippen LogP contribution in [0.3, 0.4) is 0 Å². The van der Waals surface area contributed by atoms with Crippen molar-refractivity contribution < 1.29 is 23.8 Å². The lowest BCUT2D eigenvalue weighted by Gasteiger charge is -2.32. The van der Waals surface area contributed by atoms with E-state index in [4.69, 9.17) is 14.3 Å². The number of ether oxygens (including phenoxy) is 1. The van der Waals surface area contributed by atoms with Crippen molar-refractivity contribution in [3.63, 3.8) is 0 Å². The van der Waals surface area contributed by atoms with Gasteiger partial charge in [0, 0.05) is 24.0 Å². The van der Waals surface area contributed by atoms with Crippen molar-refractivity contribution in [3.05, 3.63) is 35.6 Å². The summed E-state index contributed by atoms with van der Waals surface area (Å²) >= 11 is 0. The quantitative estimate of drug-likeness (QED) is 0.933. The van der Waals surface area contributed by atoms with E-state index in [0.29, 0.717) is 19.7 Å². The Bertz CT molecular complexity index is 736. The highest BCUT2D eigenvalue weighted by Crippen LogP contribution is 2.23. The zero-order chi connectivity index (χ0) is 16.4. The molecule has 1 saturated heterocycles. The molecule has 0 saturated carbocycles. The van der Waals surface area contributed by atoms with Gasteiger partial charge in [0.25, 0.3) is 0 Å². The monoisotopic (exact) mass is 317 g/mol. The Balaban J connectivity index is 1.69. The van der Waals surface area contributed by atoms with Crippen LogP contribution in [0.15, 0.2) is 28.9 Å². The number of morpholine rings is 1. The second-order valence-electron chi connectivity index (χ2n) is 5.87. The van der Waals surface area contributed by atoms with Crippen LogP contribution in [0.1, 0.15) is 17.5 Å². The molecular weight excluding hydrogens is 298 g/mol. The van der Waals surface area contributed by atoms with E-state index in [1.54, 1.807) is 11.2 Å². The summed E-state index contributed by atoms with van der Waals surface area (Å²) in [6.45, 7) is 3.17. The molecule has 1 N–H and O–H groups in total. The van der Waals surface area contributed by atoms with Crippen LogP contribution >= 0.6 is 0 Å². The van der Waals surface area contributed by atoms with Crippen molar-refractivity contribution in [2.45, 2.75) is 25.9 Å². The largest absolute Gasteiger partial charge is 0.481 e. The van der Waals surface area contributed by atoms with E-state index < -0.39 is 12.1 Å². The summed E-state index contributed by atoms with van der Waals surface area (Å²) < 4.78 is 10.9. The zero-order valence-corrected chi connectivity index (χ0v) is 12.9. The van der Waals surface area contributed by atoms with Gasteiger partial charge in [0.1, 0.15) is 5.58 Å². The number of fused-ring (bicyclic) bond motifs is 1. The molecule has 0 spiro atoms. The third-order valence-electron chi connectivity index (χ3n) is 4.05.